The third-order valence-electron chi connectivity index (χ3n) is 2.73. The van der Waals surface area contributed by atoms with E-state index in [-0.39, 0.29) is 12.4 Å². The molecule has 0 radical (unpaired) electrons. The zero-order valence-electron chi connectivity index (χ0n) is 10.5. The number of hydrogen-bond donors (Lipinski definition) is 1. The van der Waals surface area contributed by atoms with Crippen molar-refractivity contribution in [2.24, 2.45) is 0 Å². The van der Waals surface area contributed by atoms with Gasteiger partial charge in [-0.05, 0) is 16.4 Å². The Balaban J connectivity index is 1.95. The minimum Gasteiger partial charge on any atom is -0.372 e. The van der Waals surface area contributed by atoms with E-state index in [1.54, 1.807) is 13.2 Å². The molecule has 0 unspecified atom stereocenters. The summed E-state index contributed by atoms with van der Waals surface area (Å²) in [5, 5.41) is 20.4. The van der Waals surface area contributed by atoms with E-state index < -0.39 is 4.92 Å². The van der Waals surface area contributed by atoms with E-state index >= 15 is 0 Å². The first-order valence-electron chi connectivity index (χ1n) is 5.77. The van der Waals surface area contributed by atoms with E-state index in [0.717, 1.165) is 16.0 Å². The predicted molar refractivity (Wildman–Crippen MR) is 74.9 cm³/mol. The molecule has 0 saturated heterocycles. The molecule has 0 aliphatic heterocycles. The first-order chi connectivity index (χ1) is 9.67. The summed E-state index contributed by atoms with van der Waals surface area (Å²) in [5.41, 5.74) is 0. The van der Waals surface area contributed by atoms with Gasteiger partial charge in [-0.1, -0.05) is 0 Å². The molecule has 0 saturated carbocycles. The first kappa shape index (κ1) is 12.5. The Morgan fingerprint density at radius 1 is 1.45 bits per heavy atom. The summed E-state index contributed by atoms with van der Waals surface area (Å²) in [5.74, 6) is 1.12. The highest BCUT2D eigenvalue weighted by molar-refractivity contribution is 7.16. The Labute approximate surface area is 117 Å². The minimum atomic E-state index is -0.529. The lowest BCUT2D eigenvalue weighted by atomic mass is 10.3. The van der Waals surface area contributed by atoms with E-state index in [9.17, 15) is 10.1 Å². The largest absolute Gasteiger partial charge is 0.389 e. The van der Waals surface area contributed by atoms with Crippen LogP contribution in [-0.4, -0.2) is 31.7 Å². The average molecular weight is 290 g/mol. The number of nitrogens with zero attached hydrogens (tertiary/aromatic N) is 5. The second-order valence-corrected chi connectivity index (χ2v) is 4.90. The van der Waals surface area contributed by atoms with Crippen LogP contribution in [0.1, 0.15) is 5.82 Å². The highest BCUT2D eigenvalue weighted by Crippen LogP contribution is 2.24. The molecule has 0 atom stereocenters. The van der Waals surface area contributed by atoms with Crippen LogP contribution < -0.4 is 5.32 Å². The fraction of sp³-hybridized carbons (Fsp3) is 0.182. The fourth-order valence-electron chi connectivity index (χ4n) is 1.84. The lowest BCUT2D eigenvalue weighted by Gasteiger charge is -2.04. The molecule has 0 aliphatic carbocycles. The molecule has 1 N–H and O–H groups in total. The molecule has 20 heavy (non-hydrogen) atoms. The third-order valence-corrected chi connectivity index (χ3v) is 3.53. The molecular weight excluding hydrogens is 280 g/mol. The average Bonchev–Trinajstić information content (AvgIpc) is 3.06. The molecule has 3 rings (SSSR count). The molecule has 0 spiro atoms. The molecule has 102 valence electrons. The van der Waals surface area contributed by atoms with Crippen LogP contribution in [0.3, 0.4) is 0 Å². The van der Waals surface area contributed by atoms with E-state index in [1.165, 1.54) is 22.1 Å². The van der Waals surface area contributed by atoms with Crippen LogP contribution in [0.5, 0.6) is 0 Å². The number of anilines is 1. The van der Waals surface area contributed by atoms with Crippen LogP contribution in [0.25, 0.3) is 10.2 Å². The maximum absolute atomic E-state index is 10.6. The highest BCUT2D eigenvalue weighted by Gasteiger charge is 2.13. The van der Waals surface area contributed by atoms with E-state index in [2.05, 4.69) is 20.4 Å². The van der Waals surface area contributed by atoms with Gasteiger partial charge in [-0.25, -0.2) is 9.97 Å². The van der Waals surface area contributed by atoms with Gasteiger partial charge in [0.05, 0.1) is 22.7 Å². The van der Waals surface area contributed by atoms with Crippen LogP contribution >= 0.6 is 11.3 Å². The van der Waals surface area contributed by atoms with Gasteiger partial charge in [-0.15, -0.1) is 11.3 Å². The molecule has 0 fully saturated rings. The van der Waals surface area contributed by atoms with E-state index in [4.69, 9.17) is 0 Å². The molecule has 0 amide bonds. The number of aromatic nitrogens is 4. The van der Waals surface area contributed by atoms with Gasteiger partial charge in [0, 0.05) is 7.05 Å². The monoisotopic (exact) mass is 290 g/mol. The van der Waals surface area contributed by atoms with Gasteiger partial charge in [0.1, 0.15) is 17.2 Å². The van der Waals surface area contributed by atoms with E-state index in [0.29, 0.717) is 5.82 Å². The second kappa shape index (κ2) is 4.85. The number of nitrogens with one attached hydrogen (secondary N) is 1. The Morgan fingerprint density at radius 3 is 3.00 bits per heavy atom. The van der Waals surface area contributed by atoms with E-state index in [1.807, 2.05) is 11.4 Å². The summed E-state index contributed by atoms with van der Waals surface area (Å²) in [6.07, 6.45) is 1.54. The molecule has 0 bridgehead atoms. The number of nitro groups is 1. The highest BCUT2D eigenvalue weighted by atomic mass is 32.1. The predicted octanol–water partition coefficient (Wildman–Crippen LogP) is 1.89. The Bertz CT molecular complexity index is 780. The fourth-order valence-corrected chi connectivity index (χ4v) is 2.62. The molecule has 3 aromatic rings. The summed E-state index contributed by atoms with van der Waals surface area (Å²) < 4.78 is 1.45. The number of rotatable bonds is 4. The number of fused-ring (bicyclic) bond motifs is 1. The van der Waals surface area contributed by atoms with Gasteiger partial charge in [0.2, 0.25) is 0 Å². The molecule has 3 heterocycles. The smallest absolute Gasteiger partial charge is 0.372 e. The van der Waals surface area contributed by atoms with Crippen molar-refractivity contribution in [3.8, 4) is 0 Å². The standard InChI is InChI=1S/C11H10N6O2S/c1-12-10-7-3-5-20-11(7)14-8(13-10)6-16-4-2-9(15-16)17(18)19/h2-5H,6H2,1H3,(H,12,13,14). The zero-order valence-corrected chi connectivity index (χ0v) is 11.3. The molecule has 0 aliphatic rings. The van der Waals surface area contributed by atoms with Gasteiger partial charge in [-0.2, -0.15) is 4.68 Å². The molecule has 3 aromatic heterocycles. The molecule has 0 aromatic carbocycles. The van der Waals surface area contributed by atoms with Gasteiger partial charge >= 0.3 is 5.82 Å². The third kappa shape index (κ3) is 2.18. The number of thiophene rings is 1. The van der Waals surface area contributed by atoms with Crippen molar-refractivity contribution in [3.05, 3.63) is 39.6 Å². The van der Waals surface area contributed by atoms with Crippen molar-refractivity contribution in [2.45, 2.75) is 6.54 Å². The van der Waals surface area contributed by atoms with Crippen LogP contribution in [0.4, 0.5) is 11.6 Å². The maximum atomic E-state index is 10.6. The normalized spacial score (nSPS) is 10.8. The van der Waals surface area contributed by atoms with Gasteiger partial charge in [0.25, 0.3) is 0 Å². The zero-order chi connectivity index (χ0) is 14.1. The van der Waals surface area contributed by atoms with Gasteiger partial charge in [-0.3, -0.25) is 0 Å². The Morgan fingerprint density at radius 2 is 2.30 bits per heavy atom. The maximum Gasteiger partial charge on any atom is 0.389 e. The second-order valence-electron chi connectivity index (χ2n) is 4.01. The van der Waals surface area contributed by atoms with Crippen LogP contribution in [-0.2, 0) is 6.54 Å². The van der Waals surface area contributed by atoms with Crippen molar-refractivity contribution in [1.82, 2.24) is 19.7 Å². The van der Waals surface area contributed by atoms with Gasteiger partial charge < -0.3 is 15.4 Å². The van der Waals surface area contributed by atoms with Crippen LogP contribution in [0.15, 0.2) is 23.7 Å². The molecule has 9 heteroatoms. The topological polar surface area (TPSA) is 98.8 Å². The molecule has 8 nitrogen and oxygen atoms in total. The lowest BCUT2D eigenvalue weighted by molar-refractivity contribution is -0.389. The summed E-state index contributed by atoms with van der Waals surface area (Å²) in [6, 6.07) is 3.30. The SMILES string of the molecule is CNc1nc(Cn2ccc([N+](=O)[O-])n2)nc2sccc12. The van der Waals surface area contributed by atoms with Crippen molar-refractivity contribution in [3.63, 3.8) is 0 Å². The summed E-state index contributed by atoms with van der Waals surface area (Å²) in [7, 11) is 1.79. The Hall–Kier alpha value is -2.55. The van der Waals surface area contributed by atoms with Crippen molar-refractivity contribution >= 4 is 33.2 Å². The van der Waals surface area contributed by atoms with Crippen molar-refractivity contribution < 1.29 is 4.92 Å². The van der Waals surface area contributed by atoms with Crippen LogP contribution in [0.2, 0.25) is 0 Å². The molecular formula is C11H10N6O2S. The van der Waals surface area contributed by atoms with Gasteiger partial charge in [0.15, 0.2) is 5.82 Å². The number of hydrogen-bond acceptors (Lipinski definition) is 7. The summed E-state index contributed by atoms with van der Waals surface area (Å²) in [4.78, 5) is 19.8. The first-order valence-corrected chi connectivity index (χ1v) is 6.65. The van der Waals surface area contributed by atoms with Crippen molar-refractivity contribution in [2.75, 3.05) is 12.4 Å². The van der Waals surface area contributed by atoms with Crippen molar-refractivity contribution in [1.29, 1.82) is 0 Å². The quantitative estimate of drug-likeness (QED) is 0.582. The summed E-state index contributed by atoms with van der Waals surface area (Å²) in [6.45, 7) is 0.288. The van der Waals surface area contributed by atoms with Crippen LogP contribution in [0, 0.1) is 10.1 Å². The lowest BCUT2D eigenvalue weighted by Crippen LogP contribution is -2.07. The minimum absolute atomic E-state index is 0.184. The Kier molecular flexibility index (Phi) is 3.03. The summed E-state index contributed by atoms with van der Waals surface area (Å²) >= 11 is 1.52.